The summed E-state index contributed by atoms with van der Waals surface area (Å²) in [5.41, 5.74) is 2.30. The molecular weight excluding hydrogens is 377 g/mol. The van der Waals surface area contributed by atoms with Crippen molar-refractivity contribution in [2.45, 2.75) is 13.3 Å². The molecule has 0 unspecified atom stereocenters. The highest BCUT2D eigenvalue weighted by atomic mass is 19.1. The molecule has 7 nitrogen and oxygen atoms in total. The maximum atomic E-state index is 13.4. The molecule has 1 N–H and O–H groups in total. The van der Waals surface area contributed by atoms with Crippen molar-refractivity contribution in [3.8, 4) is 11.5 Å². The summed E-state index contributed by atoms with van der Waals surface area (Å²) in [4.78, 5) is 29.8. The van der Waals surface area contributed by atoms with Crippen molar-refractivity contribution in [3.63, 3.8) is 0 Å². The number of cyclic esters (lactones) is 1. The Hall–Kier alpha value is -3.68. The third-order valence-electron chi connectivity index (χ3n) is 4.52. The van der Waals surface area contributed by atoms with E-state index in [9.17, 15) is 14.0 Å². The zero-order chi connectivity index (χ0) is 20.4. The van der Waals surface area contributed by atoms with Crippen molar-refractivity contribution >= 4 is 23.4 Å². The normalized spacial score (nSPS) is 13.4. The number of aryl methyl sites for hydroxylation is 1. The zero-order valence-corrected chi connectivity index (χ0v) is 15.6. The first kappa shape index (κ1) is 18.7. The van der Waals surface area contributed by atoms with Crippen molar-refractivity contribution in [2.75, 3.05) is 23.4 Å². The molecule has 0 spiro atoms. The van der Waals surface area contributed by atoms with E-state index in [1.165, 1.54) is 17.0 Å². The van der Waals surface area contributed by atoms with Gasteiger partial charge in [0.15, 0.2) is 0 Å². The van der Waals surface area contributed by atoms with Gasteiger partial charge >= 0.3 is 6.09 Å². The Labute approximate surface area is 166 Å². The highest BCUT2D eigenvalue weighted by molar-refractivity contribution is 5.93. The molecule has 0 bridgehead atoms. The lowest BCUT2D eigenvalue weighted by Crippen LogP contribution is -2.23. The van der Waals surface area contributed by atoms with E-state index in [1.807, 2.05) is 0 Å². The zero-order valence-electron chi connectivity index (χ0n) is 15.6. The number of anilines is 2. The number of nitrogens with zero attached hydrogens (tertiary/aromatic N) is 2. The second-order valence-corrected chi connectivity index (χ2v) is 6.57. The summed E-state index contributed by atoms with van der Waals surface area (Å²) in [6, 6.07) is 12.8. The molecule has 1 aliphatic rings. The van der Waals surface area contributed by atoms with Crippen LogP contribution in [0, 0.1) is 12.7 Å². The minimum absolute atomic E-state index is 0.0187. The van der Waals surface area contributed by atoms with Gasteiger partial charge in [-0.3, -0.25) is 9.69 Å². The van der Waals surface area contributed by atoms with Gasteiger partial charge in [-0.2, -0.15) is 0 Å². The predicted molar refractivity (Wildman–Crippen MR) is 104 cm³/mol. The summed E-state index contributed by atoms with van der Waals surface area (Å²) < 4.78 is 23.9. The Morgan fingerprint density at radius 2 is 2.03 bits per heavy atom. The molecule has 1 fully saturated rings. The largest absolute Gasteiger partial charge is 0.447 e. The molecule has 0 radical (unpaired) electrons. The van der Waals surface area contributed by atoms with Gasteiger partial charge in [0, 0.05) is 16.9 Å². The summed E-state index contributed by atoms with van der Waals surface area (Å²) in [7, 11) is 0. The highest BCUT2D eigenvalue weighted by Crippen LogP contribution is 2.24. The van der Waals surface area contributed by atoms with Crippen LogP contribution in [-0.2, 0) is 16.0 Å². The molecule has 8 heteroatoms. The van der Waals surface area contributed by atoms with Gasteiger partial charge < -0.3 is 14.5 Å². The number of ether oxygens (including phenoxy) is 1. The van der Waals surface area contributed by atoms with Crippen LogP contribution in [0.4, 0.5) is 20.6 Å². The van der Waals surface area contributed by atoms with Gasteiger partial charge in [0.05, 0.1) is 18.7 Å². The van der Waals surface area contributed by atoms with Crippen LogP contribution in [0.25, 0.3) is 11.5 Å². The van der Waals surface area contributed by atoms with Gasteiger partial charge in [0.25, 0.3) is 0 Å². The monoisotopic (exact) mass is 395 g/mol. The lowest BCUT2D eigenvalue weighted by Gasteiger charge is -2.13. The average Bonchev–Trinajstić information content (AvgIpc) is 3.28. The van der Waals surface area contributed by atoms with Crippen LogP contribution in [0.5, 0.6) is 0 Å². The fourth-order valence-corrected chi connectivity index (χ4v) is 3.05. The molecule has 148 valence electrons. The molecule has 0 aliphatic carbocycles. The third-order valence-corrected chi connectivity index (χ3v) is 4.52. The second kappa shape index (κ2) is 7.75. The Morgan fingerprint density at radius 3 is 2.72 bits per heavy atom. The minimum atomic E-state index is -0.386. The van der Waals surface area contributed by atoms with Gasteiger partial charge in [0.2, 0.25) is 11.8 Å². The van der Waals surface area contributed by atoms with E-state index in [1.54, 1.807) is 43.3 Å². The molecule has 2 amide bonds. The topological polar surface area (TPSA) is 84.7 Å². The summed E-state index contributed by atoms with van der Waals surface area (Å²) in [5, 5.41) is 2.79. The van der Waals surface area contributed by atoms with Gasteiger partial charge in [-0.25, -0.2) is 14.2 Å². The fraction of sp³-hybridized carbons (Fsp3) is 0.190. The number of hydrogen-bond acceptors (Lipinski definition) is 5. The Bertz CT molecular complexity index is 1060. The lowest BCUT2D eigenvalue weighted by molar-refractivity contribution is -0.115. The number of halogens is 1. The first-order chi connectivity index (χ1) is 14.0. The van der Waals surface area contributed by atoms with Crippen molar-refractivity contribution in [1.82, 2.24) is 4.98 Å². The number of rotatable bonds is 5. The van der Waals surface area contributed by atoms with E-state index in [4.69, 9.17) is 9.15 Å². The summed E-state index contributed by atoms with van der Waals surface area (Å²) in [6.45, 7) is 2.58. The van der Waals surface area contributed by atoms with E-state index < -0.39 is 0 Å². The van der Waals surface area contributed by atoms with Crippen LogP contribution in [0.15, 0.2) is 52.9 Å². The molecular formula is C21H18FN3O4. The molecule has 0 atom stereocenters. The number of aromatic nitrogens is 1. The standard InChI is InChI=1S/C21H18FN3O4/c1-13-18(24-20(29-13)14-3-2-4-15(22)11-14)12-19(26)23-16-5-7-17(8-6-16)25-9-10-28-21(25)27/h2-8,11H,9-10,12H2,1H3,(H,23,26). The SMILES string of the molecule is Cc1oc(-c2cccc(F)c2)nc1CC(=O)Nc1ccc(N2CCOC2=O)cc1. The van der Waals surface area contributed by atoms with Gasteiger partial charge in [-0.05, 0) is 49.4 Å². The number of hydrogen-bond donors (Lipinski definition) is 1. The van der Waals surface area contributed by atoms with Crippen molar-refractivity contribution in [1.29, 1.82) is 0 Å². The van der Waals surface area contributed by atoms with Crippen LogP contribution in [0.2, 0.25) is 0 Å². The number of carbonyl (C=O) groups excluding carboxylic acids is 2. The second-order valence-electron chi connectivity index (χ2n) is 6.57. The number of amides is 2. The number of nitrogens with one attached hydrogen (secondary N) is 1. The van der Waals surface area contributed by atoms with E-state index in [0.717, 1.165) is 0 Å². The Balaban J connectivity index is 1.41. The van der Waals surface area contributed by atoms with Crippen molar-refractivity contribution < 1.29 is 23.1 Å². The lowest BCUT2D eigenvalue weighted by atomic mass is 10.2. The Kier molecular flexibility index (Phi) is 4.99. The predicted octanol–water partition coefficient (Wildman–Crippen LogP) is 3.93. The fourth-order valence-electron chi connectivity index (χ4n) is 3.05. The molecule has 1 saturated heterocycles. The summed E-state index contributed by atoms with van der Waals surface area (Å²) in [6.07, 6.45) is -0.359. The summed E-state index contributed by atoms with van der Waals surface area (Å²) in [5.74, 6) is 0.123. The number of oxazole rings is 1. The Morgan fingerprint density at radius 1 is 1.24 bits per heavy atom. The average molecular weight is 395 g/mol. The van der Waals surface area contributed by atoms with E-state index in [2.05, 4.69) is 10.3 Å². The number of carbonyl (C=O) groups is 2. The third kappa shape index (κ3) is 4.11. The van der Waals surface area contributed by atoms with Crippen molar-refractivity contribution in [3.05, 3.63) is 65.8 Å². The first-order valence-corrected chi connectivity index (χ1v) is 9.06. The maximum Gasteiger partial charge on any atom is 0.414 e. The van der Waals surface area contributed by atoms with Crippen LogP contribution in [-0.4, -0.2) is 30.1 Å². The van der Waals surface area contributed by atoms with Crippen LogP contribution in [0.3, 0.4) is 0 Å². The van der Waals surface area contributed by atoms with E-state index in [-0.39, 0.29) is 30.1 Å². The van der Waals surface area contributed by atoms with E-state index in [0.29, 0.717) is 41.5 Å². The van der Waals surface area contributed by atoms with Crippen molar-refractivity contribution in [2.24, 2.45) is 0 Å². The smallest absolute Gasteiger partial charge is 0.414 e. The summed E-state index contributed by atoms with van der Waals surface area (Å²) >= 11 is 0. The molecule has 1 aromatic heterocycles. The van der Waals surface area contributed by atoms with Crippen LogP contribution >= 0.6 is 0 Å². The first-order valence-electron chi connectivity index (χ1n) is 9.06. The molecule has 29 heavy (non-hydrogen) atoms. The van der Waals surface area contributed by atoms with Gasteiger partial charge in [-0.15, -0.1) is 0 Å². The molecule has 4 rings (SSSR count). The molecule has 3 aromatic rings. The molecule has 1 aliphatic heterocycles. The van der Waals surface area contributed by atoms with Crippen LogP contribution < -0.4 is 10.2 Å². The quantitative estimate of drug-likeness (QED) is 0.708. The van der Waals surface area contributed by atoms with E-state index >= 15 is 0 Å². The number of benzene rings is 2. The van der Waals surface area contributed by atoms with Crippen LogP contribution in [0.1, 0.15) is 11.5 Å². The maximum absolute atomic E-state index is 13.4. The van der Waals surface area contributed by atoms with Gasteiger partial charge in [-0.1, -0.05) is 6.07 Å². The van der Waals surface area contributed by atoms with Gasteiger partial charge in [0.1, 0.15) is 18.2 Å². The highest BCUT2D eigenvalue weighted by Gasteiger charge is 2.23. The molecule has 2 aromatic carbocycles. The molecule has 0 saturated carbocycles. The minimum Gasteiger partial charge on any atom is -0.447 e. The molecule has 2 heterocycles.